The Morgan fingerprint density at radius 3 is 2.26 bits per heavy atom. The van der Waals surface area contributed by atoms with Crippen LogP contribution in [0.15, 0.2) is 42.5 Å². The van der Waals surface area contributed by atoms with E-state index in [4.69, 9.17) is 21.7 Å². The topological polar surface area (TPSA) is 71.6 Å². The average molecular weight is 406 g/mol. The first-order valence-corrected chi connectivity index (χ1v) is 9.78. The molecule has 2 aromatic carbocycles. The maximum absolute atomic E-state index is 11.9. The first-order chi connectivity index (χ1) is 13.0. The van der Waals surface area contributed by atoms with Crippen LogP contribution in [-0.4, -0.2) is 31.0 Å². The molecule has 0 radical (unpaired) electrons. The molecule has 0 aromatic heterocycles. The molecule has 0 aliphatic carbocycles. The predicted molar refractivity (Wildman–Crippen MR) is 114 cm³/mol. The molecule has 0 aliphatic rings. The quantitative estimate of drug-likeness (QED) is 0.482. The Morgan fingerprint density at radius 2 is 1.67 bits per heavy atom. The van der Waals surface area contributed by atoms with Gasteiger partial charge < -0.3 is 14.8 Å². The second kappa shape index (κ2) is 10.6. The van der Waals surface area contributed by atoms with Crippen LogP contribution in [0, 0.1) is 6.92 Å². The van der Waals surface area contributed by atoms with Crippen molar-refractivity contribution < 1.29 is 14.3 Å². The highest BCUT2D eigenvalue weighted by Gasteiger charge is 2.06. The molecule has 27 heavy (non-hydrogen) atoms. The molecular formula is C19H23N3O3S2. The van der Waals surface area contributed by atoms with Crippen molar-refractivity contribution in [3.63, 3.8) is 0 Å². The number of amides is 1. The van der Waals surface area contributed by atoms with E-state index in [1.165, 1.54) is 22.9 Å². The SMILES string of the molecule is COc1cc(NC(=S)NNC(=O)CSCc2ccc(C)cc2)cc(OC)c1. The van der Waals surface area contributed by atoms with Gasteiger partial charge in [-0.15, -0.1) is 11.8 Å². The van der Waals surface area contributed by atoms with Crippen LogP contribution in [0.5, 0.6) is 11.5 Å². The zero-order chi connectivity index (χ0) is 19.6. The molecule has 0 saturated carbocycles. The van der Waals surface area contributed by atoms with Crippen molar-refractivity contribution in [2.24, 2.45) is 0 Å². The lowest BCUT2D eigenvalue weighted by molar-refractivity contribution is -0.119. The van der Waals surface area contributed by atoms with E-state index in [0.29, 0.717) is 22.9 Å². The van der Waals surface area contributed by atoms with E-state index in [9.17, 15) is 4.79 Å². The number of thiocarbonyl (C=S) groups is 1. The van der Waals surface area contributed by atoms with Gasteiger partial charge in [0.25, 0.3) is 0 Å². The van der Waals surface area contributed by atoms with Crippen molar-refractivity contribution in [2.75, 3.05) is 25.3 Å². The number of aryl methyl sites for hydroxylation is 1. The van der Waals surface area contributed by atoms with Gasteiger partial charge >= 0.3 is 0 Å². The molecule has 0 fully saturated rings. The minimum atomic E-state index is -0.153. The number of carbonyl (C=O) groups excluding carboxylic acids is 1. The van der Waals surface area contributed by atoms with E-state index in [-0.39, 0.29) is 11.0 Å². The first-order valence-electron chi connectivity index (χ1n) is 8.22. The van der Waals surface area contributed by atoms with Gasteiger partial charge in [-0.25, -0.2) is 0 Å². The molecule has 3 N–H and O–H groups in total. The lowest BCUT2D eigenvalue weighted by atomic mass is 10.2. The number of hydrazine groups is 1. The third-order valence-electron chi connectivity index (χ3n) is 3.55. The molecule has 0 saturated heterocycles. The Bertz CT molecular complexity index is 760. The van der Waals surface area contributed by atoms with Crippen molar-refractivity contribution in [2.45, 2.75) is 12.7 Å². The van der Waals surface area contributed by atoms with Crippen LogP contribution >= 0.6 is 24.0 Å². The number of rotatable bonds is 7. The summed E-state index contributed by atoms with van der Waals surface area (Å²) in [7, 11) is 3.15. The van der Waals surface area contributed by atoms with Crippen LogP contribution < -0.4 is 25.6 Å². The summed E-state index contributed by atoms with van der Waals surface area (Å²) < 4.78 is 10.4. The fraction of sp³-hybridized carbons (Fsp3) is 0.263. The molecule has 2 aromatic rings. The van der Waals surface area contributed by atoms with Crippen molar-refractivity contribution in [1.82, 2.24) is 10.9 Å². The number of hydrogen-bond donors (Lipinski definition) is 3. The summed E-state index contributed by atoms with van der Waals surface area (Å²) in [5.41, 5.74) is 8.37. The highest BCUT2D eigenvalue weighted by atomic mass is 32.2. The third kappa shape index (κ3) is 7.36. The summed E-state index contributed by atoms with van der Waals surface area (Å²) in [6.45, 7) is 2.05. The molecule has 0 spiro atoms. The number of hydrogen-bond acceptors (Lipinski definition) is 5. The van der Waals surface area contributed by atoms with Crippen LogP contribution in [0.4, 0.5) is 5.69 Å². The number of thioether (sulfide) groups is 1. The van der Waals surface area contributed by atoms with Gasteiger partial charge in [0.05, 0.1) is 20.0 Å². The first kappa shape index (κ1) is 20.9. The third-order valence-corrected chi connectivity index (χ3v) is 4.76. The second-order valence-corrected chi connectivity index (χ2v) is 7.10. The van der Waals surface area contributed by atoms with E-state index in [1.807, 2.05) is 0 Å². The lowest BCUT2D eigenvalue weighted by Gasteiger charge is -2.13. The van der Waals surface area contributed by atoms with Crippen LogP contribution in [-0.2, 0) is 10.5 Å². The Hall–Kier alpha value is -2.45. The summed E-state index contributed by atoms with van der Waals surface area (Å²) >= 11 is 6.73. The summed E-state index contributed by atoms with van der Waals surface area (Å²) in [6, 6.07) is 13.6. The summed E-state index contributed by atoms with van der Waals surface area (Å²) in [6.07, 6.45) is 0. The van der Waals surface area contributed by atoms with Crippen LogP contribution in [0.25, 0.3) is 0 Å². The largest absolute Gasteiger partial charge is 0.497 e. The normalized spacial score (nSPS) is 10.0. The van der Waals surface area contributed by atoms with Gasteiger partial charge in [0.15, 0.2) is 5.11 Å². The summed E-state index contributed by atoms with van der Waals surface area (Å²) in [4.78, 5) is 11.9. The van der Waals surface area contributed by atoms with Crippen LogP contribution in [0.2, 0.25) is 0 Å². The Morgan fingerprint density at radius 1 is 1.04 bits per heavy atom. The molecule has 1 amide bonds. The molecule has 6 nitrogen and oxygen atoms in total. The molecule has 0 aliphatic heterocycles. The predicted octanol–water partition coefficient (Wildman–Crippen LogP) is 3.26. The Kier molecular flexibility index (Phi) is 8.22. The van der Waals surface area contributed by atoms with Gasteiger partial charge in [0, 0.05) is 29.6 Å². The number of methoxy groups -OCH3 is 2. The van der Waals surface area contributed by atoms with Crippen LogP contribution in [0.1, 0.15) is 11.1 Å². The molecule has 2 rings (SSSR count). The van der Waals surface area contributed by atoms with Crippen LogP contribution in [0.3, 0.4) is 0 Å². The van der Waals surface area contributed by atoms with Crippen molar-refractivity contribution in [3.8, 4) is 11.5 Å². The van der Waals surface area contributed by atoms with E-state index in [0.717, 1.165) is 5.75 Å². The molecule has 0 unspecified atom stereocenters. The molecule has 0 heterocycles. The Labute approximate surface area is 169 Å². The van der Waals surface area contributed by atoms with Gasteiger partial charge in [-0.1, -0.05) is 29.8 Å². The Balaban J connectivity index is 1.73. The van der Waals surface area contributed by atoms with Gasteiger partial charge in [0.1, 0.15) is 11.5 Å². The van der Waals surface area contributed by atoms with E-state index in [1.54, 1.807) is 32.4 Å². The maximum atomic E-state index is 11.9. The average Bonchev–Trinajstić information content (AvgIpc) is 2.67. The zero-order valence-electron chi connectivity index (χ0n) is 15.5. The fourth-order valence-electron chi connectivity index (χ4n) is 2.15. The van der Waals surface area contributed by atoms with Gasteiger partial charge in [-0.2, -0.15) is 0 Å². The number of anilines is 1. The molecule has 8 heteroatoms. The molecule has 0 bridgehead atoms. The number of benzene rings is 2. The highest BCUT2D eigenvalue weighted by Crippen LogP contribution is 2.25. The summed E-state index contributed by atoms with van der Waals surface area (Å²) in [5.74, 6) is 2.23. The lowest BCUT2D eigenvalue weighted by Crippen LogP contribution is -2.44. The second-order valence-electron chi connectivity index (χ2n) is 5.71. The smallest absolute Gasteiger partial charge is 0.248 e. The molecule has 0 atom stereocenters. The van der Waals surface area contributed by atoms with E-state index >= 15 is 0 Å². The van der Waals surface area contributed by atoms with Crippen molar-refractivity contribution >= 4 is 40.7 Å². The highest BCUT2D eigenvalue weighted by molar-refractivity contribution is 7.99. The fourth-order valence-corrected chi connectivity index (χ4v) is 3.11. The molecular weight excluding hydrogens is 382 g/mol. The van der Waals surface area contributed by atoms with E-state index < -0.39 is 0 Å². The van der Waals surface area contributed by atoms with E-state index in [2.05, 4.69) is 47.4 Å². The van der Waals surface area contributed by atoms with Gasteiger partial charge in [-0.3, -0.25) is 15.6 Å². The summed E-state index contributed by atoms with van der Waals surface area (Å²) in [5, 5.41) is 3.24. The van der Waals surface area contributed by atoms with Crippen molar-refractivity contribution in [1.29, 1.82) is 0 Å². The maximum Gasteiger partial charge on any atom is 0.248 e. The minimum absolute atomic E-state index is 0.153. The van der Waals surface area contributed by atoms with Gasteiger partial charge in [0.2, 0.25) is 5.91 Å². The molecule has 144 valence electrons. The number of ether oxygens (including phenoxy) is 2. The monoisotopic (exact) mass is 405 g/mol. The number of nitrogens with one attached hydrogen (secondary N) is 3. The zero-order valence-corrected chi connectivity index (χ0v) is 17.1. The minimum Gasteiger partial charge on any atom is -0.497 e. The van der Waals surface area contributed by atoms with Crippen molar-refractivity contribution in [3.05, 3.63) is 53.6 Å². The standard InChI is InChI=1S/C19H23N3O3S2/c1-13-4-6-14(7-5-13)11-27-12-18(23)21-22-19(26)20-15-8-16(24-2)10-17(9-15)25-3/h4-10H,11-12H2,1-3H3,(H,21,23)(H2,20,22,26). The van der Waals surface area contributed by atoms with Gasteiger partial charge in [-0.05, 0) is 24.7 Å². The number of carbonyl (C=O) groups is 1.